The number of aryl methyl sites for hydroxylation is 1. The van der Waals surface area contributed by atoms with Gasteiger partial charge in [-0.1, -0.05) is 68.8 Å². The Kier molecular flexibility index (Phi) is 5.86. The number of hydrogen-bond acceptors (Lipinski definition) is 2. The van der Waals surface area contributed by atoms with E-state index in [0.717, 1.165) is 11.1 Å². The summed E-state index contributed by atoms with van der Waals surface area (Å²) in [4.78, 5) is 0.276. The highest BCUT2D eigenvalue weighted by molar-refractivity contribution is 7.89. The summed E-state index contributed by atoms with van der Waals surface area (Å²) in [5.74, 6) is 0. The molecular weight excluding hydrogens is 330 g/mol. The van der Waals surface area contributed by atoms with E-state index in [2.05, 4.69) is 44.2 Å². The molecule has 0 aromatic heterocycles. The molecule has 3 nitrogen and oxygen atoms in total. The predicted octanol–water partition coefficient (Wildman–Crippen LogP) is 4.89. The third-order valence-corrected chi connectivity index (χ3v) is 5.70. The Morgan fingerprint density at radius 1 is 1.04 bits per heavy atom. The van der Waals surface area contributed by atoms with Crippen LogP contribution in [0.4, 0.5) is 0 Å². The van der Waals surface area contributed by atoms with E-state index in [1.807, 2.05) is 19.1 Å². The van der Waals surface area contributed by atoms with Crippen molar-refractivity contribution in [2.24, 2.45) is 0 Å². The van der Waals surface area contributed by atoms with Gasteiger partial charge in [-0.15, -0.1) is 6.58 Å². The average molecular weight is 358 g/mol. The van der Waals surface area contributed by atoms with Crippen molar-refractivity contribution in [2.75, 3.05) is 0 Å². The SMILES string of the molecule is C=CCC(NS(=O)(=O)c1ccc(C)cc1)c1ccc(C(C)(C)C)cc1. The zero-order chi connectivity index (χ0) is 18.7. The molecule has 0 saturated heterocycles. The minimum atomic E-state index is -3.58. The van der Waals surface area contributed by atoms with Gasteiger partial charge in [0.2, 0.25) is 10.0 Å². The molecule has 0 saturated carbocycles. The van der Waals surface area contributed by atoms with Gasteiger partial charge in [-0.05, 0) is 42.0 Å². The van der Waals surface area contributed by atoms with Crippen molar-refractivity contribution in [3.05, 3.63) is 77.9 Å². The highest BCUT2D eigenvalue weighted by Crippen LogP contribution is 2.26. The summed E-state index contributed by atoms with van der Waals surface area (Å²) in [7, 11) is -3.58. The fourth-order valence-electron chi connectivity index (χ4n) is 2.61. The fraction of sp³-hybridized carbons (Fsp3) is 0.333. The van der Waals surface area contributed by atoms with Crippen LogP contribution in [0.3, 0.4) is 0 Å². The van der Waals surface area contributed by atoms with Gasteiger partial charge in [0.15, 0.2) is 0 Å². The molecule has 134 valence electrons. The van der Waals surface area contributed by atoms with E-state index in [9.17, 15) is 8.42 Å². The van der Waals surface area contributed by atoms with Crippen LogP contribution >= 0.6 is 0 Å². The minimum Gasteiger partial charge on any atom is -0.207 e. The first kappa shape index (κ1) is 19.4. The van der Waals surface area contributed by atoms with Crippen LogP contribution in [0.25, 0.3) is 0 Å². The van der Waals surface area contributed by atoms with Crippen molar-refractivity contribution < 1.29 is 8.42 Å². The Morgan fingerprint density at radius 2 is 1.60 bits per heavy atom. The van der Waals surface area contributed by atoms with Gasteiger partial charge in [-0.2, -0.15) is 0 Å². The summed E-state index contributed by atoms with van der Waals surface area (Å²) in [6.45, 7) is 12.2. The summed E-state index contributed by atoms with van der Waals surface area (Å²) in [6, 6.07) is 14.6. The van der Waals surface area contributed by atoms with Gasteiger partial charge in [0, 0.05) is 0 Å². The van der Waals surface area contributed by atoms with Crippen LogP contribution in [0.1, 0.15) is 49.9 Å². The second kappa shape index (κ2) is 7.54. The molecule has 0 bridgehead atoms. The van der Waals surface area contributed by atoms with Crippen LogP contribution in [0.15, 0.2) is 66.1 Å². The third kappa shape index (κ3) is 5.03. The lowest BCUT2D eigenvalue weighted by Gasteiger charge is -2.22. The molecule has 2 aromatic carbocycles. The van der Waals surface area contributed by atoms with Crippen molar-refractivity contribution in [1.29, 1.82) is 0 Å². The highest BCUT2D eigenvalue weighted by Gasteiger charge is 2.21. The van der Waals surface area contributed by atoms with Gasteiger partial charge in [-0.3, -0.25) is 0 Å². The van der Waals surface area contributed by atoms with E-state index in [1.54, 1.807) is 30.3 Å². The number of benzene rings is 2. The van der Waals surface area contributed by atoms with Crippen LogP contribution in [0.5, 0.6) is 0 Å². The Labute approximate surface area is 151 Å². The summed E-state index contributed by atoms with van der Waals surface area (Å²) in [5.41, 5.74) is 3.24. The number of nitrogens with one attached hydrogen (secondary N) is 1. The second-order valence-corrected chi connectivity index (χ2v) is 9.10. The lowest BCUT2D eigenvalue weighted by Crippen LogP contribution is -2.28. The van der Waals surface area contributed by atoms with Crippen LogP contribution in [0, 0.1) is 6.92 Å². The van der Waals surface area contributed by atoms with Gasteiger partial charge in [0.25, 0.3) is 0 Å². The largest absolute Gasteiger partial charge is 0.241 e. The zero-order valence-corrected chi connectivity index (χ0v) is 16.2. The molecule has 1 atom stereocenters. The molecule has 0 aliphatic heterocycles. The summed E-state index contributed by atoms with van der Waals surface area (Å²) in [5, 5.41) is 0. The van der Waals surface area contributed by atoms with E-state index < -0.39 is 10.0 Å². The van der Waals surface area contributed by atoms with E-state index in [-0.39, 0.29) is 16.4 Å². The molecule has 0 amide bonds. The van der Waals surface area contributed by atoms with E-state index >= 15 is 0 Å². The van der Waals surface area contributed by atoms with Gasteiger partial charge in [0.1, 0.15) is 0 Å². The van der Waals surface area contributed by atoms with E-state index in [0.29, 0.717) is 6.42 Å². The average Bonchev–Trinajstić information content (AvgIpc) is 2.54. The normalized spacial score (nSPS) is 13.4. The molecule has 0 aliphatic carbocycles. The van der Waals surface area contributed by atoms with Crippen LogP contribution in [-0.4, -0.2) is 8.42 Å². The topological polar surface area (TPSA) is 46.2 Å². The third-order valence-electron chi connectivity index (χ3n) is 4.21. The molecule has 2 rings (SSSR count). The first-order valence-electron chi connectivity index (χ1n) is 8.44. The van der Waals surface area contributed by atoms with Gasteiger partial charge >= 0.3 is 0 Å². The van der Waals surface area contributed by atoms with Crippen molar-refractivity contribution in [3.63, 3.8) is 0 Å². The molecule has 0 heterocycles. The first-order valence-corrected chi connectivity index (χ1v) is 9.92. The molecule has 0 radical (unpaired) electrons. The van der Waals surface area contributed by atoms with E-state index in [4.69, 9.17) is 0 Å². The van der Waals surface area contributed by atoms with Gasteiger partial charge < -0.3 is 0 Å². The highest BCUT2D eigenvalue weighted by atomic mass is 32.2. The van der Waals surface area contributed by atoms with Crippen LogP contribution in [0.2, 0.25) is 0 Å². The maximum absolute atomic E-state index is 12.7. The van der Waals surface area contributed by atoms with Gasteiger partial charge in [0.05, 0.1) is 10.9 Å². The quantitative estimate of drug-likeness (QED) is 0.748. The van der Waals surface area contributed by atoms with Crippen molar-refractivity contribution in [3.8, 4) is 0 Å². The molecule has 1 N–H and O–H groups in total. The van der Waals surface area contributed by atoms with Crippen LogP contribution < -0.4 is 4.72 Å². The standard InChI is InChI=1S/C21H27NO2S/c1-6-7-20(17-10-12-18(13-11-17)21(3,4)5)22-25(23,24)19-14-8-16(2)9-15-19/h6,8-15,20,22H,1,7H2,2-5H3. The molecule has 4 heteroatoms. The van der Waals surface area contributed by atoms with Crippen molar-refractivity contribution in [1.82, 2.24) is 4.72 Å². The lowest BCUT2D eigenvalue weighted by atomic mass is 9.86. The second-order valence-electron chi connectivity index (χ2n) is 7.38. The fourth-order valence-corrected chi connectivity index (χ4v) is 3.84. The number of hydrogen-bond donors (Lipinski definition) is 1. The lowest BCUT2D eigenvalue weighted by molar-refractivity contribution is 0.556. The smallest absolute Gasteiger partial charge is 0.207 e. The summed E-state index contributed by atoms with van der Waals surface area (Å²) < 4.78 is 28.2. The summed E-state index contributed by atoms with van der Waals surface area (Å²) in [6.07, 6.45) is 2.26. The Balaban J connectivity index is 2.28. The predicted molar refractivity (Wildman–Crippen MR) is 104 cm³/mol. The van der Waals surface area contributed by atoms with Crippen molar-refractivity contribution >= 4 is 10.0 Å². The van der Waals surface area contributed by atoms with Crippen LogP contribution in [-0.2, 0) is 15.4 Å². The minimum absolute atomic E-state index is 0.0634. The molecule has 0 aliphatic rings. The van der Waals surface area contributed by atoms with E-state index in [1.165, 1.54) is 5.56 Å². The maximum Gasteiger partial charge on any atom is 0.241 e. The zero-order valence-electron chi connectivity index (χ0n) is 15.4. The molecule has 1 unspecified atom stereocenters. The van der Waals surface area contributed by atoms with Gasteiger partial charge in [-0.25, -0.2) is 13.1 Å². The molecular formula is C21H27NO2S. The Morgan fingerprint density at radius 3 is 2.08 bits per heavy atom. The monoisotopic (exact) mass is 357 g/mol. The Hall–Kier alpha value is -1.91. The Bertz CT molecular complexity index is 814. The molecule has 25 heavy (non-hydrogen) atoms. The van der Waals surface area contributed by atoms with Crippen molar-refractivity contribution in [2.45, 2.75) is 50.5 Å². The first-order chi connectivity index (χ1) is 11.6. The number of sulfonamides is 1. The molecule has 0 spiro atoms. The number of rotatable bonds is 6. The summed E-state index contributed by atoms with van der Waals surface area (Å²) >= 11 is 0. The molecule has 0 fully saturated rings. The molecule has 2 aromatic rings. The maximum atomic E-state index is 12.7.